The Morgan fingerprint density at radius 1 is 0.972 bits per heavy atom. The Labute approximate surface area is 214 Å². The molecule has 4 aromatic rings. The highest BCUT2D eigenvalue weighted by atomic mass is 32.1. The average Bonchev–Trinajstić information content (AvgIpc) is 3.36. The number of hydrogen-bond donors (Lipinski definition) is 1. The van der Waals surface area contributed by atoms with Crippen molar-refractivity contribution in [3.63, 3.8) is 0 Å². The maximum absolute atomic E-state index is 12.9. The molecule has 0 unspecified atom stereocenters. The van der Waals surface area contributed by atoms with Crippen LogP contribution in [-0.2, 0) is 24.2 Å². The van der Waals surface area contributed by atoms with E-state index >= 15 is 0 Å². The van der Waals surface area contributed by atoms with Gasteiger partial charge in [-0.1, -0.05) is 60.7 Å². The zero-order chi connectivity index (χ0) is 24.6. The van der Waals surface area contributed by atoms with E-state index in [0.29, 0.717) is 49.2 Å². The Morgan fingerprint density at radius 3 is 2.44 bits per heavy atom. The van der Waals surface area contributed by atoms with Gasteiger partial charge in [0, 0.05) is 55.3 Å². The van der Waals surface area contributed by atoms with Gasteiger partial charge in [0.05, 0.1) is 13.2 Å². The maximum Gasteiger partial charge on any atom is 0.298 e. The molecule has 1 fully saturated rings. The minimum Gasteiger partial charge on any atom is -0.430 e. The summed E-state index contributed by atoms with van der Waals surface area (Å²) in [6.45, 7) is 4.22. The molecule has 0 spiro atoms. The van der Waals surface area contributed by atoms with Gasteiger partial charge in [0.2, 0.25) is 0 Å². The van der Waals surface area contributed by atoms with Crippen LogP contribution in [0.2, 0.25) is 0 Å². The van der Waals surface area contributed by atoms with Crippen LogP contribution in [0.15, 0.2) is 78.9 Å². The molecule has 0 saturated carbocycles. The highest BCUT2D eigenvalue weighted by Crippen LogP contribution is 2.29. The van der Waals surface area contributed by atoms with Crippen molar-refractivity contribution < 1.29 is 14.3 Å². The molecule has 0 radical (unpaired) electrons. The lowest BCUT2D eigenvalue weighted by molar-refractivity contribution is 0.0339. The molecule has 184 valence electrons. The summed E-state index contributed by atoms with van der Waals surface area (Å²) in [6, 6.07) is 25.6. The fraction of sp³-hybridized carbons (Fsp3) is 0.250. The molecular formula is C28H28N4O3S. The Bertz CT molecular complexity index is 1270. The first-order chi connectivity index (χ1) is 17.7. The van der Waals surface area contributed by atoms with Crippen LogP contribution in [0.3, 0.4) is 0 Å². The lowest BCUT2D eigenvalue weighted by Gasteiger charge is -2.27. The van der Waals surface area contributed by atoms with Gasteiger partial charge in [-0.3, -0.25) is 9.69 Å². The summed E-state index contributed by atoms with van der Waals surface area (Å²) in [5.74, 6) is 1.30. The summed E-state index contributed by atoms with van der Waals surface area (Å²) in [4.78, 5) is 19.8. The van der Waals surface area contributed by atoms with E-state index in [2.05, 4.69) is 31.7 Å². The van der Waals surface area contributed by atoms with Crippen LogP contribution in [0.5, 0.6) is 10.9 Å². The Balaban J connectivity index is 1.31. The number of amides is 1. The van der Waals surface area contributed by atoms with Gasteiger partial charge in [-0.2, -0.15) is 9.36 Å². The highest BCUT2D eigenvalue weighted by molar-refractivity contribution is 7.07. The van der Waals surface area contributed by atoms with Crippen LogP contribution in [0, 0.1) is 0 Å². The number of morpholine rings is 1. The molecule has 1 saturated heterocycles. The smallest absolute Gasteiger partial charge is 0.298 e. The normalized spacial score (nSPS) is 13.9. The summed E-state index contributed by atoms with van der Waals surface area (Å²) >= 11 is 1.24. The predicted molar refractivity (Wildman–Crippen MR) is 139 cm³/mol. The number of rotatable bonds is 9. The summed E-state index contributed by atoms with van der Waals surface area (Å²) in [7, 11) is 0. The standard InChI is InChI=1S/C28H28N4O3S/c33-27(29-19-22-9-5-2-6-10-22)23-11-12-25(24(18-23)20-32-13-15-34-16-14-32)35-28-30-26(31-36-28)17-21-7-3-1-4-8-21/h1-12,18H,13-17,19-20H2,(H,29,33). The van der Waals surface area contributed by atoms with Crippen LogP contribution in [0.1, 0.15) is 32.9 Å². The molecule has 2 heterocycles. The molecule has 1 amide bonds. The quantitative estimate of drug-likeness (QED) is 0.360. The SMILES string of the molecule is O=C(NCc1ccccc1)c1ccc(Oc2nc(Cc3ccccc3)ns2)c(CN2CCOCC2)c1. The molecular weight excluding hydrogens is 472 g/mol. The fourth-order valence-corrected chi connectivity index (χ4v) is 4.61. The van der Waals surface area contributed by atoms with Crippen molar-refractivity contribution in [2.75, 3.05) is 26.3 Å². The number of hydrogen-bond acceptors (Lipinski definition) is 7. The van der Waals surface area contributed by atoms with Gasteiger partial charge in [-0.15, -0.1) is 0 Å². The van der Waals surface area contributed by atoms with E-state index in [1.165, 1.54) is 11.5 Å². The molecule has 1 N–H and O–H groups in total. The van der Waals surface area contributed by atoms with E-state index in [9.17, 15) is 4.79 Å². The van der Waals surface area contributed by atoms with Gasteiger partial charge in [-0.25, -0.2) is 0 Å². The van der Waals surface area contributed by atoms with Gasteiger partial charge in [-0.05, 0) is 29.3 Å². The number of ether oxygens (including phenoxy) is 2. The molecule has 0 atom stereocenters. The number of carbonyl (C=O) groups is 1. The van der Waals surface area contributed by atoms with Crippen LogP contribution < -0.4 is 10.1 Å². The largest absolute Gasteiger partial charge is 0.430 e. The lowest BCUT2D eigenvalue weighted by atomic mass is 10.1. The van der Waals surface area contributed by atoms with Crippen molar-refractivity contribution >= 4 is 17.4 Å². The van der Waals surface area contributed by atoms with Crippen molar-refractivity contribution in [1.82, 2.24) is 19.6 Å². The Hall–Kier alpha value is -3.59. The molecule has 0 bridgehead atoms. The second-order valence-electron chi connectivity index (χ2n) is 8.62. The van der Waals surface area contributed by atoms with Crippen molar-refractivity contribution in [2.24, 2.45) is 0 Å². The first-order valence-corrected chi connectivity index (χ1v) is 12.8. The van der Waals surface area contributed by atoms with Crippen molar-refractivity contribution in [3.8, 4) is 10.9 Å². The molecule has 8 heteroatoms. The van der Waals surface area contributed by atoms with Gasteiger partial charge in [0.15, 0.2) is 5.82 Å². The second kappa shape index (κ2) is 11.9. The topological polar surface area (TPSA) is 76.6 Å². The highest BCUT2D eigenvalue weighted by Gasteiger charge is 2.18. The third kappa shape index (κ3) is 6.54. The maximum atomic E-state index is 12.9. The monoisotopic (exact) mass is 500 g/mol. The third-order valence-corrected chi connectivity index (χ3v) is 6.60. The van der Waals surface area contributed by atoms with Crippen molar-refractivity contribution in [3.05, 3.63) is 107 Å². The van der Waals surface area contributed by atoms with Crippen LogP contribution in [0.4, 0.5) is 0 Å². The first kappa shape index (κ1) is 24.1. The molecule has 5 rings (SSSR count). The minimum absolute atomic E-state index is 0.116. The minimum atomic E-state index is -0.116. The summed E-state index contributed by atoms with van der Waals surface area (Å²) in [5, 5.41) is 3.50. The van der Waals surface area contributed by atoms with Crippen LogP contribution in [-0.4, -0.2) is 46.5 Å². The van der Waals surface area contributed by atoms with Crippen molar-refractivity contribution in [2.45, 2.75) is 19.5 Å². The predicted octanol–water partition coefficient (Wildman–Crippen LogP) is 4.68. The molecule has 36 heavy (non-hydrogen) atoms. The molecule has 1 aliphatic rings. The fourth-order valence-electron chi connectivity index (χ4n) is 4.05. The number of carbonyl (C=O) groups excluding carboxylic acids is 1. The zero-order valence-corrected chi connectivity index (χ0v) is 20.7. The van der Waals surface area contributed by atoms with Crippen LogP contribution >= 0.6 is 11.5 Å². The Kier molecular flexibility index (Phi) is 7.97. The number of aromatic nitrogens is 2. The van der Waals surface area contributed by atoms with E-state index in [1.54, 1.807) is 6.07 Å². The van der Waals surface area contributed by atoms with Gasteiger partial charge in [0.1, 0.15) is 5.75 Å². The molecule has 0 aliphatic carbocycles. The van der Waals surface area contributed by atoms with Crippen LogP contribution in [0.25, 0.3) is 0 Å². The van der Waals surface area contributed by atoms with Gasteiger partial charge in [0.25, 0.3) is 11.1 Å². The third-order valence-electron chi connectivity index (χ3n) is 5.97. The second-order valence-corrected chi connectivity index (χ2v) is 9.33. The van der Waals surface area contributed by atoms with E-state index in [-0.39, 0.29) is 5.91 Å². The lowest BCUT2D eigenvalue weighted by Crippen LogP contribution is -2.35. The summed E-state index contributed by atoms with van der Waals surface area (Å²) < 4.78 is 16.2. The van der Waals surface area contributed by atoms with E-state index < -0.39 is 0 Å². The Morgan fingerprint density at radius 2 is 1.69 bits per heavy atom. The first-order valence-electron chi connectivity index (χ1n) is 12.0. The van der Waals surface area contributed by atoms with E-state index in [0.717, 1.165) is 35.6 Å². The zero-order valence-electron chi connectivity index (χ0n) is 19.9. The average molecular weight is 501 g/mol. The molecule has 3 aromatic carbocycles. The van der Waals surface area contributed by atoms with Crippen molar-refractivity contribution in [1.29, 1.82) is 0 Å². The number of nitrogens with zero attached hydrogens (tertiary/aromatic N) is 3. The summed E-state index contributed by atoms with van der Waals surface area (Å²) in [6.07, 6.45) is 0.655. The van der Waals surface area contributed by atoms with Gasteiger partial charge < -0.3 is 14.8 Å². The molecule has 7 nitrogen and oxygen atoms in total. The number of benzene rings is 3. The molecule has 1 aliphatic heterocycles. The van der Waals surface area contributed by atoms with E-state index in [4.69, 9.17) is 9.47 Å². The van der Waals surface area contributed by atoms with E-state index in [1.807, 2.05) is 60.7 Å². The summed E-state index contributed by atoms with van der Waals surface area (Å²) in [5.41, 5.74) is 3.75. The molecule has 1 aromatic heterocycles. The number of nitrogens with one attached hydrogen (secondary N) is 1. The van der Waals surface area contributed by atoms with Gasteiger partial charge >= 0.3 is 0 Å².